The molecule has 0 aliphatic heterocycles. The van der Waals surface area contributed by atoms with Crippen molar-refractivity contribution in [1.29, 1.82) is 0 Å². The predicted octanol–water partition coefficient (Wildman–Crippen LogP) is 4.59. The second-order valence-electron chi connectivity index (χ2n) is 8.59. The summed E-state index contributed by atoms with van der Waals surface area (Å²) in [4.78, 5) is 20.4. The van der Waals surface area contributed by atoms with E-state index in [-0.39, 0.29) is 5.91 Å². The number of aromatic nitrogens is 2. The minimum Gasteiger partial charge on any atom is -0.353 e. The maximum absolute atomic E-state index is 12.5. The highest BCUT2D eigenvalue weighted by atomic mass is 16.1. The van der Waals surface area contributed by atoms with Crippen LogP contribution in [0, 0.1) is 17.8 Å². The van der Waals surface area contributed by atoms with E-state index >= 15 is 0 Å². The Hall–Kier alpha value is -2.36. The molecule has 0 radical (unpaired) electrons. The number of nitrogens with one attached hydrogen (secondary N) is 2. The van der Waals surface area contributed by atoms with Gasteiger partial charge in [-0.2, -0.15) is 0 Å². The third kappa shape index (κ3) is 3.11. The standard InChI is InChI=1S/C23H27N3O/c1-14(19-11-15-6-7-16(19)10-15)25-23(27)9-8-17-12-20-18-4-2-3-5-21(18)26-22(20)13-24-17/h2-5,12-16,19,26H,6-11H2,1H3,(H,25,27). The number of rotatable bonds is 5. The highest BCUT2D eigenvalue weighted by Gasteiger charge is 2.42. The fourth-order valence-electron chi connectivity index (χ4n) is 5.51. The molecule has 4 nitrogen and oxygen atoms in total. The Morgan fingerprint density at radius 2 is 2.11 bits per heavy atom. The van der Waals surface area contributed by atoms with Crippen LogP contribution in [0.1, 0.15) is 44.7 Å². The molecule has 27 heavy (non-hydrogen) atoms. The average Bonchev–Trinajstić information content (AvgIpc) is 3.40. The van der Waals surface area contributed by atoms with Crippen molar-refractivity contribution >= 4 is 27.7 Å². The molecule has 2 bridgehead atoms. The second kappa shape index (κ2) is 6.66. The molecule has 2 N–H and O–H groups in total. The molecule has 1 aromatic carbocycles. The molecule has 4 unspecified atom stereocenters. The molecule has 1 amide bonds. The highest BCUT2D eigenvalue weighted by Crippen LogP contribution is 2.49. The van der Waals surface area contributed by atoms with E-state index in [2.05, 4.69) is 46.5 Å². The fraction of sp³-hybridized carbons (Fsp3) is 0.478. The van der Waals surface area contributed by atoms with Gasteiger partial charge in [-0.25, -0.2) is 0 Å². The first kappa shape index (κ1) is 16.8. The van der Waals surface area contributed by atoms with Crippen LogP contribution in [0.3, 0.4) is 0 Å². The minimum absolute atomic E-state index is 0.158. The first-order valence-corrected chi connectivity index (χ1v) is 10.3. The van der Waals surface area contributed by atoms with E-state index in [1.807, 2.05) is 12.3 Å². The van der Waals surface area contributed by atoms with Gasteiger partial charge in [-0.1, -0.05) is 24.6 Å². The third-order valence-corrected chi connectivity index (χ3v) is 6.88. The van der Waals surface area contributed by atoms with Gasteiger partial charge >= 0.3 is 0 Å². The number of nitrogens with zero attached hydrogens (tertiary/aromatic N) is 1. The zero-order chi connectivity index (χ0) is 18.4. The number of aryl methyl sites for hydroxylation is 1. The van der Waals surface area contributed by atoms with Gasteiger partial charge in [0, 0.05) is 34.4 Å². The third-order valence-electron chi connectivity index (χ3n) is 6.88. The monoisotopic (exact) mass is 361 g/mol. The summed E-state index contributed by atoms with van der Waals surface area (Å²) in [5, 5.41) is 5.67. The van der Waals surface area contributed by atoms with Crippen LogP contribution < -0.4 is 5.32 Å². The van der Waals surface area contributed by atoms with Crippen LogP contribution in [0.5, 0.6) is 0 Å². The summed E-state index contributed by atoms with van der Waals surface area (Å²) in [6.07, 6.45) is 8.55. The van der Waals surface area contributed by atoms with Gasteiger partial charge in [-0.05, 0) is 62.5 Å². The lowest BCUT2D eigenvalue weighted by Gasteiger charge is -2.28. The van der Waals surface area contributed by atoms with E-state index in [1.165, 1.54) is 36.5 Å². The van der Waals surface area contributed by atoms with E-state index in [1.54, 1.807) is 0 Å². The molecule has 2 saturated carbocycles. The number of para-hydroxylation sites is 1. The molecule has 3 aromatic rings. The molecule has 4 heteroatoms. The van der Waals surface area contributed by atoms with E-state index in [9.17, 15) is 4.79 Å². The van der Waals surface area contributed by atoms with Crippen molar-refractivity contribution in [3.05, 3.63) is 42.2 Å². The number of pyridine rings is 1. The van der Waals surface area contributed by atoms with Crippen LogP contribution in [-0.2, 0) is 11.2 Å². The van der Waals surface area contributed by atoms with Gasteiger partial charge in [0.15, 0.2) is 0 Å². The lowest BCUT2D eigenvalue weighted by atomic mass is 9.84. The van der Waals surface area contributed by atoms with Gasteiger partial charge in [0.05, 0.1) is 11.7 Å². The number of carbonyl (C=O) groups excluding carboxylic acids is 1. The molecule has 5 rings (SSSR count). The van der Waals surface area contributed by atoms with Crippen molar-refractivity contribution in [2.75, 3.05) is 0 Å². The topological polar surface area (TPSA) is 57.8 Å². The van der Waals surface area contributed by atoms with Gasteiger partial charge in [0.25, 0.3) is 0 Å². The number of carbonyl (C=O) groups is 1. The molecule has 2 aliphatic carbocycles. The highest BCUT2D eigenvalue weighted by molar-refractivity contribution is 6.06. The Morgan fingerprint density at radius 1 is 1.22 bits per heavy atom. The van der Waals surface area contributed by atoms with Gasteiger partial charge < -0.3 is 10.3 Å². The van der Waals surface area contributed by atoms with Crippen molar-refractivity contribution < 1.29 is 4.79 Å². The first-order chi connectivity index (χ1) is 13.2. The van der Waals surface area contributed by atoms with Crippen molar-refractivity contribution in [3.63, 3.8) is 0 Å². The molecular formula is C23H27N3O. The average molecular weight is 361 g/mol. The Bertz CT molecular complexity index is 992. The minimum atomic E-state index is 0.158. The predicted molar refractivity (Wildman–Crippen MR) is 108 cm³/mol. The molecule has 4 atom stereocenters. The Labute approximate surface area is 159 Å². The van der Waals surface area contributed by atoms with Gasteiger partial charge in [0.2, 0.25) is 5.91 Å². The van der Waals surface area contributed by atoms with Crippen LogP contribution in [0.25, 0.3) is 21.8 Å². The number of fused-ring (bicyclic) bond motifs is 5. The SMILES string of the molecule is CC(NC(=O)CCc1cc2c(cn1)[nH]c1ccccc12)C1CC2CCC1C2. The molecule has 2 aliphatic rings. The summed E-state index contributed by atoms with van der Waals surface area (Å²) in [7, 11) is 0. The fourth-order valence-corrected chi connectivity index (χ4v) is 5.51. The number of hydrogen-bond acceptors (Lipinski definition) is 2. The maximum atomic E-state index is 12.5. The molecule has 2 aromatic heterocycles. The van der Waals surface area contributed by atoms with Crippen LogP contribution >= 0.6 is 0 Å². The summed E-state index contributed by atoms with van der Waals surface area (Å²) in [5.74, 6) is 2.61. The summed E-state index contributed by atoms with van der Waals surface area (Å²) in [5.41, 5.74) is 3.16. The largest absolute Gasteiger partial charge is 0.353 e. The van der Waals surface area contributed by atoms with E-state index in [0.717, 1.165) is 28.6 Å². The zero-order valence-electron chi connectivity index (χ0n) is 15.9. The number of hydrogen-bond donors (Lipinski definition) is 2. The number of benzene rings is 1. The number of H-pyrrole nitrogens is 1. The molecule has 2 fully saturated rings. The van der Waals surface area contributed by atoms with Crippen molar-refractivity contribution in [2.45, 2.75) is 51.5 Å². The smallest absolute Gasteiger partial charge is 0.220 e. The summed E-state index contributed by atoms with van der Waals surface area (Å²) in [6.45, 7) is 2.19. The Balaban J connectivity index is 1.23. The Morgan fingerprint density at radius 3 is 2.93 bits per heavy atom. The summed E-state index contributed by atoms with van der Waals surface area (Å²) >= 11 is 0. The molecule has 2 heterocycles. The van der Waals surface area contributed by atoms with Crippen LogP contribution in [0.15, 0.2) is 36.5 Å². The van der Waals surface area contributed by atoms with Gasteiger partial charge in [-0.3, -0.25) is 9.78 Å². The van der Waals surface area contributed by atoms with Gasteiger partial charge in [-0.15, -0.1) is 0 Å². The van der Waals surface area contributed by atoms with Crippen molar-refractivity contribution in [3.8, 4) is 0 Å². The zero-order valence-corrected chi connectivity index (χ0v) is 15.9. The van der Waals surface area contributed by atoms with Crippen LogP contribution in [-0.4, -0.2) is 21.9 Å². The molecular weight excluding hydrogens is 334 g/mol. The van der Waals surface area contributed by atoms with Gasteiger partial charge in [0.1, 0.15) is 0 Å². The van der Waals surface area contributed by atoms with E-state index < -0.39 is 0 Å². The quantitative estimate of drug-likeness (QED) is 0.698. The van der Waals surface area contributed by atoms with Crippen LogP contribution in [0.4, 0.5) is 0 Å². The molecule has 140 valence electrons. The second-order valence-corrected chi connectivity index (χ2v) is 8.59. The van der Waals surface area contributed by atoms with E-state index in [4.69, 9.17) is 0 Å². The first-order valence-electron chi connectivity index (χ1n) is 10.3. The summed E-state index contributed by atoms with van der Waals surface area (Å²) < 4.78 is 0. The normalized spacial score (nSPS) is 25.3. The van der Waals surface area contributed by atoms with Crippen LogP contribution in [0.2, 0.25) is 0 Å². The summed E-state index contributed by atoms with van der Waals surface area (Å²) in [6, 6.07) is 10.7. The number of aromatic amines is 1. The lowest BCUT2D eigenvalue weighted by molar-refractivity contribution is -0.122. The van der Waals surface area contributed by atoms with Crippen molar-refractivity contribution in [2.24, 2.45) is 17.8 Å². The van der Waals surface area contributed by atoms with E-state index in [0.29, 0.717) is 24.8 Å². The van der Waals surface area contributed by atoms with Crippen molar-refractivity contribution in [1.82, 2.24) is 15.3 Å². The lowest BCUT2D eigenvalue weighted by Crippen LogP contribution is -2.40. The Kier molecular flexibility index (Phi) is 4.14. The molecule has 0 spiro atoms. The number of amides is 1. The maximum Gasteiger partial charge on any atom is 0.220 e. The molecule has 0 saturated heterocycles.